The molecule has 0 N–H and O–H groups in total. The van der Waals surface area contributed by atoms with Crippen LogP contribution in [0.1, 0.15) is 0 Å². The van der Waals surface area contributed by atoms with Gasteiger partial charge in [-0.25, -0.2) is 0 Å². The Balaban J connectivity index is 1.11. The first-order valence-corrected chi connectivity index (χ1v) is 20.9. The molecule has 0 saturated carbocycles. The van der Waals surface area contributed by atoms with Crippen LogP contribution in [0.15, 0.2) is 217 Å². The number of hydrogen-bond acceptors (Lipinski definition) is 3. The summed E-state index contributed by atoms with van der Waals surface area (Å²) in [5.74, 6) is 0. The molecule has 3 heteroatoms. The van der Waals surface area contributed by atoms with E-state index >= 15 is 0 Å². The Hall–Kier alpha value is -7.46. The van der Waals surface area contributed by atoms with Gasteiger partial charge in [-0.15, -0.1) is 11.3 Å². The van der Waals surface area contributed by atoms with Gasteiger partial charge in [0.2, 0.25) is 0 Å². The molecule has 0 amide bonds. The molecule has 0 bridgehead atoms. The smallest absolute Gasteiger partial charge is 0.136 e. The summed E-state index contributed by atoms with van der Waals surface area (Å²) in [5.41, 5.74) is 12.1. The maximum absolute atomic E-state index is 6.30. The predicted octanol–water partition coefficient (Wildman–Crippen LogP) is 16.7. The van der Waals surface area contributed by atoms with Crippen LogP contribution in [0.5, 0.6) is 0 Å². The van der Waals surface area contributed by atoms with Crippen molar-refractivity contribution in [1.29, 1.82) is 0 Å². The molecule has 0 aliphatic carbocycles. The monoisotopic (exact) mass is 769 g/mol. The van der Waals surface area contributed by atoms with Gasteiger partial charge in [0.25, 0.3) is 0 Å². The number of benzene rings is 10. The molecule has 0 unspecified atom stereocenters. The zero-order valence-corrected chi connectivity index (χ0v) is 32.8. The zero-order valence-electron chi connectivity index (χ0n) is 32.0. The van der Waals surface area contributed by atoms with Gasteiger partial charge in [-0.1, -0.05) is 152 Å². The van der Waals surface area contributed by atoms with Gasteiger partial charge in [0.1, 0.15) is 11.2 Å². The lowest BCUT2D eigenvalue weighted by atomic mass is 9.91. The number of fused-ring (bicyclic) bond motifs is 9. The van der Waals surface area contributed by atoms with E-state index in [1.807, 2.05) is 23.5 Å². The fourth-order valence-electron chi connectivity index (χ4n) is 9.12. The van der Waals surface area contributed by atoms with Crippen LogP contribution in [-0.2, 0) is 0 Å². The van der Waals surface area contributed by atoms with Crippen molar-refractivity contribution in [3.63, 3.8) is 0 Å². The molecule has 0 aliphatic heterocycles. The summed E-state index contributed by atoms with van der Waals surface area (Å²) in [5, 5.41) is 9.83. The number of rotatable bonds is 6. The molecule has 12 aromatic rings. The van der Waals surface area contributed by atoms with E-state index in [1.165, 1.54) is 58.4 Å². The molecule has 0 fully saturated rings. The van der Waals surface area contributed by atoms with Crippen LogP contribution in [-0.4, -0.2) is 0 Å². The largest absolute Gasteiger partial charge is 0.456 e. The first-order valence-electron chi connectivity index (χ1n) is 20.1. The van der Waals surface area contributed by atoms with Gasteiger partial charge < -0.3 is 9.32 Å². The number of anilines is 3. The van der Waals surface area contributed by atoms with Gasteiger partial charge >= 0.3 is 0 Å². The number of furan rings is 1. The van der Waals surface area contributed by atoms with E-state index in [4.69, 9.17) is 4.42 Å². The Morgan fingerprint density at radius 1 is 0.339 bits per heavy atom. The highest BCUT2D eigenvalue weighted by Gasteiger charge is 2.21. The lowest BCUT2D eigenvalue weighted by Gasteiger charge is -2.29. The van der Waals surface area contributed by atoms with Gasteiger partial charge in [0.05, 0.1) is 5.69 Å². The van der Waals surface area contributed by atoms with Crippen molar-refractivity contribution in [3.05, 3.63) is 212 Å². The average molecular weight is 770 g/mol. The van der Waals surface area contributed by atoms with E-state index in [0.29, 0.717) is 0 Å². The Morgan fingerprint density at radius 3 is 1.85 bits per heavy atom. The van der Waals surface area contributed by atoms with Gasteiger partial charge in [0.15, 0.2) is 0 Å². The summed E-state index contributed by atoms with van der Waals surface area (Å²) >= 11 is 1.85. The SMILES string of the molecule is c1ccc(-c2ccc(-c3cc4ccccc4c4ccccc34)cc2N(c2ccc(-c3cccc4oc5ccccc5c34)cc2)c2ccc3sc4ccccc4c3c2)cc1. The molecule has 12 rings (SSSR count). The van der Waals surface area contributed by atoms with E-state index in [0.717, 1.165) is 55.7 Å². The fraction of sp³-hybridized carbons (Fsp3) is 0. The molecular weight excluding hydrogens is 735 g/mol. The van der Waals surface area contributed by atoms with Gasteiger partial charge in [-0.2, -0.15) is 0 Å². The minimum Gasteiger partial charge on any atom is -0.456 e. The highest BCUT2D eigenvalue weighted by molar-refractivity contribution is 7.25. The molecule has 0 atom stereocenters. The van der Waals surface area contributed by atoms with Gasteiger partial charge in [0, 0.05) is 47.9 Å². The molecule has 276 valence electrons. The second-order valence-electron chi connectivity index (χ2n) is 15.2. The minimum atomic E-state index is 0.899. The van der Waals surface area contributed by atoms with Gasteiger partial charge in [-0.05, 0) is 110 Å². The maximum Gasteiger partial charge on any atom is 0.136 e. The summed E-state index contributed by atoms with van der Waals surface area (Å²) in [4.78, 5) is 2.46. The summed E-state index contributed by atoms with van der Waals surface area (Å²) in [7, 11) is 0. The van der Waals surface area contributed by atoms with Crippen molar-refractivity contribution in [3.8, 4) is 33.4 Å². The van der Waals surface area contributed by atoms with Crippen molar-refractivity contribution in [2.24, 2.45) is 0 Å². The van der Waals surface area contributed by atoms with Crippen LogP contribution in [0.3, 0.4) is 0 Å². The van der Waals surface area contributed by atoms with Crippen LogP contribution >= 0.6 is 11.3 Å². The van der Waals surface area contributed by atoms with Gasteiger partial charge in [-0.3, -0.25) is 0 Å². The van der Waals surface area contributed by atoms with E-state index in [-0.39, 0.29) is 0 Å². The molecule has 10 aromatic carbocycles. The van der Waals surface area contributed by atoms with Crippen LogP contribution in [0.2, 0.25) is 0 Å². The third-order valence-corrected chi connectivity index (χ3v) is 13.0. The molecule has 2 aromatic heterocycles. The van der Waals surface area contributed by atoms with E-state index in [1.54, 1.807) is 0 Å². The van der Waals surface area contributed by atoms with Crippen LogP contribution < -0.4 is 4.90 Å². The minimum absolute atomic E-state index is 0.899. The van der Waals surface area contributed by atoms with Crippen LogP contribution in [0.25, 0.3) is 97.0 Å². The predicted molar refractivity (Wildman–Crippen MR) is 253 cm³/mol. The van der Waals surface area contributed by atoms with Crippen molar-refractivity contribution in [1.82, 2.24) is 0 Å². The second-order valence-corrected chi connectivity index (χ2v) is 16.3. The fourth-order valence-corrected chi connectivity index (χ4v) is 10.2. The Labute approximate surface area is 345 Å². The van der Waals surface area contributed by atoms with Crippen LogP contribution in [0.4, 0.5) is 17.1 Å². The molecule has 0 aliphatic rings. The van der Waals surface area contributed by atoms with Crippen molar-refractivity contribution >= 4 is 92.1 Å². The quantitative estimate of drug-likeness (QED) is 0.157. The van der Waals surface area contributed by atoms with E-state index in [9.17, 15) is 0 Å². The summed E-state index contributed by atoms with van der Waals surface area (Å²) in [6, 6.07) is 77.2. The summed E-state index contributed by atoms with van der Waals surface area (Å²) < 4.78 is 8.88. The third kappa shape index (κ3) is 5.55. The molecule has 0 spiro atoms. The van der Waals surface area contributed by atoms with E-state index in [2.05, 4.69) is 205 Å². The summed E-state index contributed by atoms with van der Waals surface area (Å²) in [6.07, 6.45) is 0. The van der Waals surface area contributed by atoms with Crippen molar-refractivity contribution in [2.45, 2.75) is 0 Å². The Bertz CT molecular complexity index is 3560. The molecule has 59 heavy (non-hydrogen) atoms. The van der Waals surface area contributed by atoms with Crippen molar-refractivity contribution < 1.29 is 4.42 Å². The molecule has 2 heterocycles. The topological polar surface area (TPSA) is 16.4 Å². The highest BCUT2D eigenvalue weighted by atomic mass is 32.1. The molecule has 0 radical (unpaired) electrons. The lowest BCUT2D eigenvalue weighted by molar-refractivity contribution is 0.669. The van der Waals surface area contributed by atoms with Crippen LogP contribution in [0, 0.1) is 0 Å². The number of hydrogen-bond donors (Lipinski definition) is 0. The Kier molecular flexibility index (Phi) is 7.75. The molecule has 0 saturated heterocycles. The van der Waals surface area contributed by atoms with Crippen molar-refractivity contribution in [2.75, 3.05) is 4.90 Å². The molecular formula is C56H35NOS. The highest BCUT2D eigenvalue weighted by Crippen LogP contribution is 2.47. The first kappa shape index (κ1) is 33.7. The molecule has 2 nitrogen and oxygen atoms in total. The number of thiophene rings is 1. The number of para-hydroxylation sites is 1. The zero-order chi connectivity index (χ0) is 38.9. The Morgan fingerprint density at radius 2 is 0.983 bits per heavy atom. The van der Waals surface area contributed by atoms with E-state index < -0.39 is 0 Å². The summed E-state index contributed by atoms with van der Waals surface area (Å²) in [6.45, 7) is 0. The normalized spacial score (nSPS) is 11.7. The first-order chi connectivity index (χ1) is 29.2. The second kappa shape index (κ2) is 13.6. The third-order valence-electron chi connectivity index (χ3n) is 11.9. The lowest BCUT2D eigenvalue weighted by Crippen LogP contribution is -2.11. The standard InChI is InChI=1S/C56H35NOS/c1-2-13-36(14-3-1)43-31-27-39(49-33-38-15-4-5-16-42(38)45-17-6-7-18-46(45)49)34-51(43)57(41-30-32-55-50(35-41)47-19-9-11-24-54(47)59-55)40-28-25-37(26-29-40)44-21-12-23-53-56(44)48-20-8-10-22-52(48)58-53/h1-35H. The maximum atomic E-state index is 6.30. The number of nitrogens with zero attached hydrogens (tertiary/aromatic N) is 1. The average Bonchev–Trinajstić information content (AvgIpc) is 3.88.